The molecule has 0 radical (unpaired) electrons. The van der Waals surface area contributed by atoms with E-state index in [1.54, 1.807) is 6.07 Å². The van der Waals surface area contributed by atoms with Gasteiger partial charge in [-0.2, -0.15) is 13.7 Å². The van der Waals surface area contributed by atoms with E-state index in [1.165, 1.54) is 12.1 Å². The summed E-state index contributed by atoms with van der Waals surface area (Å²) in [6, 6.07) is 5.38. The number of benzene rings is 1. The summed E-state index contributed by atoms with van der Waals surface area (Å²) in [5.41, 5.74) is 0.0774. The topological polar surface area (TPSA) is 78.2 Å². The predicted molar refractivity (Wildman–Crippen MR) is 66.5 cm³/mol. The minimum Gasteiger partial charge on any atom is -0.309 e. The number of anilines is 1. The van der Waals surface area contributed by atoms with Gasteiger partial charge in [-0.3, -0.25) is 4.79 Å². The van der Waals surface area contributed by atoms with Crippen LogP contribution >= 0.6 is 0 Å². The second kappa shape index (κ2) is 5.17. The van der Waals surface area contributed by atoms with Crippen molar-refractivity contribution in [3.8, 4) is 6.07 Å². The first-order valence-corrected chi connectivity index (χ1v) is 7.28. The zero-order valence-corrected chi connectivity index (χ0v) is 11.0. The standard InChI is InChI=1S/C12H10F2N2O3S/c13-10-3-8(5-15)1-2-11(10)16-6-9(4-12(16)17)7-20(14,18)19/h1-3,9H,4,6-7H2. The molecule has 0 saturated carbocycles. The van der Waals surface area contributed by atoms with Gasteiger partial charge in [0, 0.05) is 18.9 Å². The molecule has 1 aliphatic heterocycles. The molecule has 1 heterocycles. The molecule has 1 aromatic carbocycles. The van der Waals surface area contributed by atoms with Gasteiger partial charge in [0.25, 0.3) is 0 Å². The van der Waals surface area contributed by atoms with Crippen LogP contribution in [0.3, 0.4) is 0 Å². The summed E-state index contributed by atoms with van der Waals surface area (Å²) >= 11 is 0. The molecular weight excluding hydrogens is 290 g/mol. The predicted octanol–water partition coefficient (Wildman–Crippen LogP) is 1.35. The first-order valence-electron chi connectivity index (χ1n) is 5.72. The highest BCUT2D eigenvalue weighted by Crippen LogP contribution is 2.28. The third-order valence-electron chi connectivity index (χ3n) is 3.01. The van der Waals surface area contributed by atoms with Gasteiger partial charge in [0.1, 0.15) is 5.82 Å². The number of hydrogen-bond donors (Lipinski definition) is 0. The van der Waals surface area contributed by atoms with Gasteiger partial charge in [-0.15, -0.1) is 3.89 Å². The molecule has 2 rings (SSSR count). The number of halogens is 2. The van der Waals surface area contributed by atoms with Crippen LogP contribution in [0, 0.1) is 23.1 Å². The lowest BCUT2D eigenvalue weighted by Crippen LogP contribution is -2.26. The number of carbonyl (C=O) groups excluding carboxylic acids is 1. The minimum atomic E-state index is -4.67. The summed E-state index contributed by atoms with van der Waals surface area (Å²) in [7, 11) is -4.67. The Morgan fingerprint density at radius 1 is 1.45 bits per heavy atom. The van der Waals surface area contributed by atoms with E-state index in [-0.39, 0.29) is 24.2 Å². The number of carbonyl (C=O) groups is 1. The first kappa shape index (κ1) is 14.4. The number of hydrogen-bond acceptors (Lipinski definition) is 4. The zero-order valence-electron chi connectivity index (χ0n) is 10.2. The van der Waals surface area contributed by atoms with E-state index < -0.39 is 33.6 Å². The number of nitriles is 1. The molecule has 1 aromatic rings. The van der Waals surface area contributed by atoms with Crippen LogP contribution in [0.25, 0.3) is 0 Å². The Balaban J connectivity index is 2.22. The Morgan fingerprint density at radius 3 is 2.70 bits per heavy atom. The van der Waals surface area contributed by atoms with Crippen LogP contribution < -0.4 is 4.90 Å². The van der Waals surface area contributed by atoms with Crippen molar-refractivity contribution in [1.82, 2.24) is 0 Å². The fourth-order valence-electron chi connectivity index (χ4n) is 2.20. The van der Waals surface area contributed by atoms with Gasteiger partial charge in [0.15, 0.2) is 0 Å². The normalized spacial score (nSPS) is 19.1. The summed E-state index contributed by atoms with van der Waals surface area (Å²) < 4.78 is 47.6. The fraction of sp³-hybridized carbons (Fsp3) is 0.333. The van der Waals surface area contributed by atoms with Crippen molar-refractivity contribution in [2.75, 3.05) is 17.2 Å². The maximum Gasteiger partial charge on any atom is 0.302 e. The molecular formula is C12H10F2N2O3S. The highest BCUT2D eigenvalue weighted by Gasteiger charge is 2.34. The SMILES string of the molecule is N#Cc1ccc(N2CC(CS(=O)(=O)F)CC2=O)c(F)c1. The second-order valence-corrected chi connectivity index (χ2v) is 5.97. The molecule has 1 unspecified atom stereocenters. The van der Waals surface area contributed by atoms with Gasteiger partial charge in [-0.05, 0) is 18.2 Å². The third kappa shape index (κ3) is 3.11. The van der Waals surface area contributed by atoms with E-state index in [4.69, 9.17) is 5.26 Å². The molecule has 0 N–H and O–H groups in total. The Bertz CT molecular complexity index is 697. The molecule has 1 saturated heterocycles. The van der Waals surface area contributed by atoms with Crippen molar-refractivity contribution in [2.24, 2.45) is 5.92 Å². The Morgan fingerprint density at radius 2 is 2.15 bits per heavy atom. The van der Waals surface area contributed by atoms with Crippen molar-refractivity contribution in [3.63, 3.8) is 0 Å². The van der Waals surface area contributed by atoms with Crippen molar-refractivity contribution < 1.29 is 21.5 Å². The van der Waals surface area contributed by atoms with Crippen LogP contribution in [0.2, 0.25) is 0 Å². The van der Waals surface area contributed by atoms with Crippen molar-refractivity contribution in [1.29, 1.82) is 5.26 Å². The lowest BCUT2D eigenvalue weighted by Gasteiger charge is -2.17. The Labute approximate surface area is 114 Å². The van der Waals surface area contributed by atoms with E-state index in [2.05, 4.69) is 0 Å². The molecule has 1 atom stereocenters. The van der Waals surface area contributed by atoms with Crippen LogP contribution in [-0.4, -0.2) is 26.6 Å². The summed E-state index contributed by atoms with van der Waals surface area (Å²) in [5, 5.41) is 8.63. The van der Waals surface area contributed by atoms with Crippen molar-refractivity contribution in [3.05, 3.63) is 29.6 Å². The van der Waals surface area contributed by atoms with E-state index in [9.17, 15) is 21.5 Å². The molecule has 0 spiro atoms. The van der Waals surface area contributed by atoms with Gasteiger partial charge in [-0.25, -0.2) is 4.39 Å². The van der Waals surface area contributed by atoms with E-state index in [1.807, 2.05) is 0 Å². The average Bonchev–Trinajstić information content (AvgIpc) is 2.67. The van der Waals surface area contributed by atoms with Gasteiger partial charge < -0.3 is 4.90 Å². The van der Waals surface area contributed by atoms with Gasteiger partial charge in [-0.1, -0.05) is 0 Å². The Hall–Kier alpha value is -2.01. The Kier molecular flexibility index (Phi) is 3.72. The molecule has 8 heteroatoms. The second-order valence-electron chi connectivity index (χ2n) is 4.56. The molecule has 0 bridgehead atoms. The molecule has 5 nitrogen and oxygen atoms in total. The maximum atomic E-state index is 13.8. The lowest BCUT2D eigenvalue weighted by atomic mass is 10.1. The number of rotatable bonds is 3. The van der Waals surface area contributed by atoms with Gasteiger partial charge >= 0.3 is 10.2 Å². The molecule has 1 amide bonds. The molecule has 1 aliphatic rings. The van der Waals surface area contributed by atoms with Gasteiger partial charge in [0.2, 0.25) is 5.91 Å². The molecule has 106 valence electrons. The lowest BCUT2D eigenvalue weighted by molar-refractivity contribution is -0.117. The van der Waals surface area contributed by atoms with Gasteiger partial charge in [0.05, 0.1) is 23.1 Å². The summed E-state index contributed by atoms with van der Waals surface area (Å²) in [6.45, 7) is -0.0647. The largest absolute Gasteiger partial charge is 0.309 e. The summed E-state index contributed by atoms with van der Waals surface area (Å²) in [5.74, 6) is -2.68. The van der Waals surface area contributed by atoms with Crippen molar-refractivity contribution >= 4 is 21.8 Å². The average molecular weight is 300 g/mol. The highest BCUT2D eigenvalue weighted by atomic mass is 32.3. The molecule has 20 heavy (non-hydrogen) atoms. The third-order valence-corrected chi connectivity index (χ3v) is 3.88. The number of amides is 1. The van der Waals surface area contributed by atoms with Crippen molar-refractivity contribution in [2.45, 2.75) is 6.42 Å². The molecule has 1 fully saturated rings. The monoisotopic (exact) mass is 300 g/mol. The van der Waals surface area contributed by atoms with E-state index in [0.29, 0.717) is 0 Å². The minimum absolute atomic E-state index is 0.0345. The summed E-state index contributed by atoms with van der Waals surface area (Å²) in [6.07, 6.45) is -0.150. The summed E-state index contributed by atoms with van der Waals surface area (Å²) in [4.78, 5) is 12.8. The van der Waals surface area contributed by atoms with Crippen LogP contribution in [0.4, 0.5) is 14.0 Å². The van der Waals surface area contributed by atoms with Crippen LogP contribution in [-0.2, 0) is 15.0 Å². The zero-order chi connectivity index (χ0) is 14.9. The quantitative estimate of drug-likeness (QED) is 0.789. The number of nitrogens with zero attached hydrogens (tertiary/aromatic N) is 2. The van der Waals surface area contributed by atoms with Crippen LogP contribution in [0.1, 0.15) is 12.0 Å². The molecule has 0 aliphatic carbocycles. The smallest absolute Gasteiger partial charge is 0.302 e. The van der Waals surface area contributed by atoms with E-state index >= 15 is 0 Å². The van der Waals surface area contributed by atoms with Crippen LogP contribution in [0.15, 0.2) is 18.2 Å². The first-order chi connectivity index (χ1) is 9.30. The molecule has 0 aromatic heterocycles. The van der Waals surface area contributed by atoms with E-state index in [0.717, 1.165) is 11.0 Å². The maximum absolute atomic E-state index is 13.8. The van der Waals surface area contributed by atoms with Crippen LogP contribution in [0.5, 0.6) is 0 Å². The highest BCUT2D eigenvalue weighted by molar-refractivity contribution is 7.86. The fourth-order valence-corrected chi connectivity index (χ4v) is 2.99.